The lowest BCUT2D eigenvalue weighted by Gasteiger charge is -2.11. The Hall–Kier alpha value is -0.990. The third kappa shape index (κ3) is 3.02. The Morgan fingerprint density at radius 3 is 2.75 bits per heavy atom. The van der Waals surface area contributed by atoms with Gasteiger partial charge in [-0.3, -0.25) is 4.79 Å². The van der Waals surface area contributed by atoms with Gasteiger partial charge in [0.05, 0.1) is 16.0 Å². The van der Waals surface area contributed by atoms with Gasteiger partial charge in [-0.25, -0.2) is 0 Å². The lowest BCUT2D eigenvalue weighted by atomic mass is 10.2. The highest BCUT2D eigenvalue weighted by Gasteiger charge is 2.21. The van der Waals surface area contributed by atoms with Gasteiger partial charge in [-0.1, -0.05) is 0 Å². The van der Waals surface area contributed by atoms with Crippen molar-refractivity contribution in [2.24, 2.45) is 10.7 Å². The number of nitrogens with two attached hydrogens (primary N) is 1. The molecule has 0 radical (unpaired) electrons. The third-order valence-corrected chi connectivity index (χ3v) is 5.37. The summed E-state index contributed by atoms with van der Waals surface area (Å²) in [5.74, 6) is -0.0395. The molecule has 2 rings (SSSR count). The maximum atomic E-state index is 11.6. The summed E-state index contributed by atoms with van der Waals surface area (Å²) in [6.45, 7) is 2.24. The van der Waals surface area contributed by atoms with E-state index >= 15 is 0 Å². The zero-order chi connectivity index (χ0) is 14.9. The van der Waals surface area contributed by atoms with E-state index in [-0.39, 0.29) is 16.8 Å². The molecule has 8 heteroatoms. The highest BCUT2D eigenvalue weighted by atomic mass is 79.9. The molecule has 0 unspecified atom stereocenters. The SMILES string of the molecule is CCOc1cc(/C=C2/SC(N)=NC2=O)c(Br)c(Br)c1O. The van der Waals surface area contributed by atoms with Crippen LogP contribution in [-0.4, -0.2) is 22.8 Å². The molecule has 1 aliphatic heterocycles. The van der Waals surface area contributed by atoms with Gasteiger partial charge in [0.25, 0.3) is 5.91 Å². The van der Waals surface area contributed by atoms with E-state index in [2.05, 4.69) is 36.9 Å². The number of hydrogen-bond donors (Lipinski definition) is 2. The van der Waals surface area contributed by atoms with E-state index < -0.39 is 0 Å². The minimum absolute atomic E-state index is 0.00189. The molecule has 0 aromatic heterocycles. The van der Waals surface area contributed by atoms with Crippen LogP contribution < -0.4 is 10.5 Å². The van der Waals surface area contributed by atoms with E-state index in [9.17, 15) is 9.90 Å². The summed E-state index contributed by atoms with van der Waals surface area (Å²) in [6.07, 6.45) is 1.65. The minimum atomic E-state index is -0.374. The van der Waals surface area contributed by atoms with Gasteiger partial charge in [0, 0.05) is 4.47 Å². The van der Waals surface area contributed by atoms with Crippen LogP contribution in [0, 0.1) is 0 Å². The van der Waals surface area contributed by atoms with Crippen molar-refractivity contribution in [2.45, 2.75) is 6.92 Å². The number of phenolic OH excluding ortho intramolecular Hbond substituents is 1. The van der Waals surface area contributed by atoms with Crippen LogP contribution in [0.1, 0.15) is 12.5 Å². The molecule has 1 aliphatic rings. The Bertz CT molecular complexity index is 644. The number of rotatable bonds is 3. The maximum Gasteiger partial charge on any atom is 0.286 e. The van der Waals surface area contributed by atoms with Crippen molar-refractivity contribution in [3.05, 3.63) is 25.5 Å². The average molecular weight is 422 g/mol. The largest absolute Gasteiger partial charge is 0.503 e. The molecular weight excluding hydrogens is 412 g/mol. The normalized spacial score (nSPS) is 16.6. The molecule has 0 aliphatic carbocycles. The van der Waals surface area contributed by atoms with E-state index in [1.54, 1.807) is 12.1 Å². The lowest BCUT2D eigenvalue weighted by molar-refractivity contribution is -0.113. The van der Waals surface area contributed by atoms with Crippen molar-refractivity contribution in [3.8, 4) is 11.5 Å². The van der Waals surface area contributed by atoms with Crippen LogP contribution in [-0.2, 0) is 4.79 Å². The van der Waals surface area contributed by atoms with E-state index in [0.717, 1.165) is 11.8 Å². The van der Waals surface area contributed by atoms with Crippen LogP contribution >= 0.6 is 43.6 Å². The van der Waals surface area contributed by atoms with E-state index in [1.165, 1.54) is 0 Å². The summed E-state index contributed by atoms with van der Waals surface area (Å²) in [4.78, 5) is 15.7. The van der Waals surface area contributed by atoms with Crippen LogP contribution in [0.3, 0.4) is 0 Å². The van der Waals surface area contributed by atoms with Crippen molar-refractivity contribution in [1.82, 2.24) is 0 Å². The highest BCUT2D eigenvalue weighted by molar-refractivity contribution is 9.13. The van der Waals surface area contributed by atoms with Crippen molar-refractivity contribution in [2.75, 3.05) is 6.61 Å². The van der Waals surface area contributed by atoms with E-state index in [1.807, 2.05) is 6.92 Å². The van der Waals surface area contributed by atoms with Gasteiger partial charge in [0.15, 0.2) is 16.7 Å². The molecule has 0 saturated carbocycles. The Balaban J connectivity index is 2.47. The topological polar surface area (TPSA) is 84.9 Å². The number of amidine groups is 1. The summed E-state index contributed by atoms with van der Waals surface area (Å²) < 4.78 is 6.42. The van der Waals surface area contributed by atoms with Crippen LogP contribution in [0.25, 0.3) is 6.08 Å². The molecule has 106 valence electrons. The molecule has 0 fully saturated rings. The molecule has 1 aromatic carbocycles. The standard InChI is InChI=1S/C12H10Br2N2O3S/c1-2-19-6-3-5(8(13)9(14)10(6)17)4-7-11(18)16-12(15)20-7/h3-4,17H,2H2,1H3,(H2,15,16,18)/b7-4+. The summed E-state index contributed by atoms with van der Waals surface area (Å²) in [5, 5.41) is 10.2. The fraction of sp³-hybridized carbons (Fsp3) is 0.167. The Kier molecular flexibility index (Phi) is 4.77. The number of benzene rings is 1. The summed E-state index contributed by atoms with van der Waals surface area (Å²) >= 11 is 7.74. The van der Waals surface area contributed by atoms with Crippen LogP contribution in [0.15, 0.2) is 24.9 Å². The van der Waals surface area contributed by atoms with E-state index in [0.29, 0.717) is 31.8 Å². The summed E-state index contributed by atoms with van der Waals surface area (Å²) in [7, 11) is 0. The first kappa shape index (κ1) is 15.4. The first-order chi connectivity index (χ1) is 9.43. The van der Waals surface area contributed by atoms with Gasteiger partial charge in [0.2, 0.25) is 0 Å². The Labute approximate surface area is 136 Å². The first-order valence-corrected chi connectivity index (χ1v) is 7.96. The van der Waals surface area contributed by atoms with Crippen molar-refractivity contribution >= 4 is 60.8 Å². The number of phenols is 1. The number of ether oxygens (including phenoxy) is 1. The second kappa shape index (κ2) is 6.19. The van der Waals surface area contributed by atoms with Gasteiger partial charge in [-0.2, -0.15) is 4.99 Å². The van der Waals surface area contributed by atoms with Crippen LogP contribution in [0.5, 0.6) is 11.5 Å². The summed E-state index contributed by atoms with van der Waals surface area (Å²) in [5.41, 5.74) is 6.18. The number of carbonyl (C=O) groups excluding carboxylic acids is 1. The smallest absolute Gasteiger partial charge is 0.286 e. The molecule has 5 nitrogen and oxygen atoms in total. The molecular formula is C12H10Br2N2O3S. The number of aromatic hydroxyl groups is 1. The lowest BCUT2D eigenvalue weighted by Crippen LogP contribution is -2.01. The number of halogens is 2. The monoisotopic (exact) mass is 420 g/mol. The second-order valence-electron chi connectivity index (χ2n) is 3.74. The molecule has 0 spiro atoms. The second-order valence-corrected chi connectivity index (χ2v) is 6.39. The number of amides is 1. The first-order valence-electron chi connectivity index (χ1n) is 5.55. The van der Waals surface area contributed by atoms with Crippen molar-refractivity contribution < 1.29 is 14.6 Å². The number of aliphatic imine (C=N–C) groups is 1. The van der Waals surface area contributed by atoms with Gasteiger partial charge >= 0.3 is 0 Å². The van der Waals surface area contributed by atoms with Gasteiger partial charge in [0.1, 0.15) is 0 Å². The number of carbonyl (C=O) groups is 1. The Morgan fingerprint density at radius 2 is 2.20 bits per heavy atom. The zero-order valence-electron chi connectivity index (χ0n) is 10.3. The molecule has 20 heavy (non-hydrogen) atoms. The number of hydrogen-bond acceptors (Lipinski definition) is 5. The zero-order valence-corrected chi connectivity index (χ0v) is 14.3. The molecule has 0 saturated heterocycles. The Morgan fingerprint density at radius 1 is 1.50 bits per heavy atom. The molecule has 1 aromatic rings. The molecule has 1 amide bonds. The molecule has 0 atom stereocenters. The predicted molar refractivity (Wildman–Crippen MR) is 86.9 cm³/mol. The quantitative estimate of drug-likeness (QED) is 0.731. The van der Waals surface area contributed by atoms with E-state index in [4.69, 9.17) is 10.5 Å². The van der Waals surface area contributed by atoms with Gasteiger partial charge < -0.3 is 15.6 Å². The number of nitrogens with zero attached hydrogens (tertiary/aromatic N) is 1. The fourth-order valence-corrected chi connectivity index (χ4v) is 3.06. The molecule has 1 heterocycles. The van der Waals surface area contributed by atoms with Gasteiger partial charge in [-0.15, -0.1) is 0 Å². The third-order valence-electron chi connectivity index (χ3n) is 2.40. The molecule has 3 N–H and O–H groups in total. The number of thioether (sulfide) groups is 1. The van der Waals surface area contributed by atoms with Crippen LogP contribution in [0.4, 0.5) is 0 Å². The fourth-order valence-electron chi connectivity index (χ4n) is 1.55. The highest BCUT2D eigenvalue weighted by Crippen LogP contribution is 2.43. The van der Waals surface area contributed by atoms with Crippen molar-refractivity contribution in [3.63, 3.8) is 0 Å². The maximum absolute atomic E-state index is 11.6. The van der Waals surface area contributed by atoms with Crippen molar-refractivity contribution in [1.29, 1.82) is 0 Å². The predicted octanol–water partition coefficient (Wildman–Crippen LogP) is 3.24. The summed E-state index contributed by atoms with van der Waals surface area (Å²) in [6, 6.07) is 1.64. The average Bonchev–Trinajstić information content (AvgIpc) is 2.71. The van der Waals surface area contributed by atoms with Crippen LogP contribution in [0.2, 0.25) is 0 Å². The minimum Gasteiger partial charge on any atom is -0.503 e. The van der Waals surface area contributed by atoms with Gasteiger partial charge in [-0.05, 0) is 68.3 Å². The molecule has 0 bridgehead atoms.